The number of hydrogen-bond donors (Lipinski definition) is 0. The summed E-state index contributed by atoms with van der Waals surface area (Å²) in [6, 6.07) is 0.0936. The summed E-state index contributed by atoms with van der Waals surface area (Å²) in [6.45, 7) is 6.14. The average molecular weight is 385 g/mol. The first-order valence-corrected chi connectivity index (χ1v) is 8.90. The molecule has 8 nitrogen and oxygen atoms in total. The molecule has 0 aromatic carbocycles. The third-order valence-corrected chi connectivity index (χ3v) is 5.17. The van der Waals surface area contributed by atoms with Crippen molar-refractivity contribution in [3.63, 3.8) is 0 Å². The molecule has 5 rings (SSSR count). The summed E-state index contributed by atoms with van der Waals surface area (Å²) in [7, 11) is 0. The number of rotatable bonds is 3. The molecule has 5 heterocycles. The van der Waals surface area contributed by atoms with Gasteiger partial charge in [-0.25, -0.2) is 9.78 Å². The lowest BCUT2D eigenvalue weighted by Gasteiger charge is -2.40. The molecule has 2 unspecified atom stereocenters. The van der Waals surface area contributed by atoms with Crippen LogP contribution in [0.4, 0.5) is 18.7 Å². The number of nitrogens with zero attached hydrogens (tertiary/aromatic N) is 5. The van der Waals surface area contributed by atoms with Gasteiger partial charge in [0.25, 0.3) is 11.8 Å². The molecule has 2 bridgehead atoms. The van der Waals surface area contributed by atoms with Crippen LogP contribution in [-0.4, -0.2) is 50.5 Å². The lowest BCUT2D eigenvalue weighted by molar-refractivity contribution is -0.00799. The highest BCUT2D eigenvalue weighted by atomic mass is 32.1. The normalized spacial score (nSPS) is 22.1. The Hall–Kier alpha value is -2.30. The molecule has 2 aromatic heterocycles. The third-order valence-electron chi connectivity index (χ3n) is 4.15. The van der Waals surface area contributed by atoms with Crippen molar-refractivity contribution in [2.45, 2.75) is 51.4 Å². The van der Waals surface area contributed by atoms with Crippen LogP contribution in [0.2, 0.25) is 0 Å². The van der Waals surface area contributed by atoms with E-state index >= 15 is 0 Å². The van der Waals surface area contributed by atoms with E-state index in [0.717, 1.165) is 6.42 Å². The average Bonchev–Trinajstić information content (AvgIpc) is 3.26. The van der Waals surface area contributed by atoms with Crippen molar-refractivity contribution in [3.05, 3.63) is 12.1 Å². The Morgan fingerprint density at radius 3 is 2.85 bits per heavy atom. The minimum atomic E-state index is -2.81. The molecule has 0 saturated carbocycles. The SMILES string of the molecule is CC(C)(C)OC(=O)N1C2CC1N(c1ncc(-c3nnc(C(F)F)o3)s1)C2. The summed E-state index contributed by atoms with van der Waals surface area (Å²) in [4.78, 5) is 20.9. The van der Waals surface area contributed by atoms with Gasteiger partial charge < -0.3 is 14.1 Å². The van der Waals surface area contributed by atoms with Crippen LogP contribution < -0.4 is 4.90 Å². The Kier molecular flexibility index (Phi) is 3.86. The smallest absolute Gasteiger partial charge is 0.412 e. The van der Waals surface area contributed by atoms with Crippen LogP contribution in [0.15, 0.2) is 10.6 Å². The molecule has 3 aliphatic heterocycles. The maximum Gasteiger partial charge on any atom is 0.412 e. The largest absolute Gasteiger partial charge is 0.444 e. The van der Waals surface area contributed by atoms with E-state index in [1.54, 1.807) is 4.90 Å². The van der Waals surface area contributed by atoms with Crippen molar-refractivity contribution in [1.29, 1.82) is 0 Å². The fourth-order valence-corrected chi connectivity index (χ4v) is 3.97. The number of aromatic nitrogens is 3. The number of amides is 1. The molecular weight excluding hydrogens is 368 g/mol. The number of carbonyl (C=O) groups is 1. The first kappa shape index (κ1) is 17.1. The van der Waals surface area contributed by atoms with Gasteiger partial charge in [0.15, 0.2) is 5.13 Å². The molecule has 0 aliphatic carbocycles. The molecule has 3 saturated heterocycles. The van der Waals surface area contributed by atoms with Crippen molar-refractivity contribution in [3.8, 4) is 10.8 Å². The van der Waals surface area contributed by atoms with Gasteiger partial charge in [0.05, 0.1) is 12.2 Å². The predicted octanol–water partition coefficient (Wildman–Crippen LogP) is 3.29. The van der Waals surface area contributed by atoms with Gasteiger partial charge in [-0.15, -0.1) is 10.2 Å². The number of halogens is 2. The summed E-state index contributed by atoms with van der Waals surface area (Å²) in [6.07, 6.45) is -0.887. The fraction of sp³-hybridized carbons (Fsp3) is 0.600. The molecular formula is C15H17F2N5O3S. The van der Waals surface area contributed by atoms with Crippen LogP contribution in [0.3, 0.4) is 0 Å². The Labute approximate surface area is 151 Å². The molecule has 3 aliphatic rings. The summed E-state index contributed by atoms with van der Waals surface area (Å²) >= 11 is 1.26. The number of carbonyl (C=O) groups excluding carboxylic acids is 1. The van der Waals surface area contributed by atoms with E-state index in [1.807, 2.05) is 25.7 Å². The summed E-state index contributed by atoms with van der Waals surface area (Å²) in [5.41, 5.74) is -0.550. The van der Waals surface area contributed by atoms with E-state index in [0.29, 0.717) is 16.6 Å². The first-order valence-electron chi connectivity index (χ1n) is 8.08. The molecule has 0 spiro atoms. The predicted molar refractivity (Wildman–Crippen MR) is 88.0 cm³/mol. The van der Waals surface area contributed by atoms with Crippen molar-refractivity contribution in [2.24, 2.45) is 0 Å². The second-order valence-electron chi connectivity index (χ2n) is 7.16. The minimum Gasteiger partial charge on any atom is -0.444 e. The van der Waals surface area contributed by atoms with Crippen LogP contribution in [-0.2, 0) is 4.74 Å². The van der Waals surface area contributed by atoms with Crippen LogP contribution in [0.25, 0.3) is 10.8 Å². The van der Waals surface area contributed by atoms with Crippen LogP contribution in [0, 0.1) is 0 Å². The zero-order chi connectivity index (χ0) is 18.6. The molecule has 0 N–H and O–H groups in total. The number of hydrogen-bond acceptors (Lipinski definition) is 8. The van der Waals surface area contributed by atoms with E-state index in [4.69, 9.17) is 9.15 Å². The maximum absolute atomic E-state index is 12.6. The second-order valence-corrected chi connectivity index (χ2v) is 8.17. The van der Waals surface area contributed by atoms with Crippen molar-refractivity contribution in [2.75, 3.05) is 11.4 Å². The summed E-state index contributed by atoms with van der Waals surface area (Å²) in [5.74, 6) is -0.700. The highest BCUT2D eigenvalue weighted by Crippen LogP contribution is 2.43. The second kappa shape index (κ2) is 5.86. The highest BCUT2D eigenvalue weighted by molar-refractivity contribution is 7.18. The van der Waals surface area contributed by atoms with Crippen LogP contribution >= 0.6 is 11.3 Å². The molecule has 2 atom stereocenters. The molecule has 3 fully saturated rings. The maximum atomic E-state index is 12.6. The van der Waals surface area contributed by atoms with E-state index in [1.165, 1.54) is 17.5 Å². The van der Waals surface area contributed by atoms with Crippen LogP contribution in [0.5, 0.6) is 0 Å². The summed E-state index contributed by atoms with van der Waals surface area (Å²) in [5, 5.41) is 7.63. The minimum absolute atomic E-state index is 0.0135. The molecule has 0 radical (unpaired) electrons. The highest BCUT2D eigenvalue weighted by Gasteiger charge is 2.54. The van der Waals surface area contributed by atoms with Crippen molar-refractivity contribution < 1.29 is 22.7 Å². The number of ether oxygens (including phenoxy) is 1. The first-order chi connectivity index (χ1) is 12.2. The van der Waals surface area contributed by atoms with Crippen LogP contribution in [0.1, 0.15) is 39.5 Å². The van der Waals surface area contributed by atoms with Gasteiger partial charge in [0.1, 0.15) is 16.6 Å². The van der Waals surface area contributed by atoms with E-state index in [-0.39, 0.29) is 24.2 Å². The van der Waals surface area contributed by atoms with Gasteiger partial charge in [0.2, 0.25) is 0 Å². The standard InChI is InChI=1S/C15H17F2N5O3S/c1-15(2,3)25-14(23)22-7-4-9(22)21(6-7)13-18-5-8(26-13)11-19-20-12(24-11)10(16)17/h5,7,9-10H,4,6H2,1-3H3. The van der Waals surface area contributed by atoms with Gasteiger partial charge >= 0.3 is 12.5 Å². The van der Waals surface area contributed by atoms with Gasteiger partial charge in [0, 0.05) is 13.0 Å². The number of thiazole rings is 1. The Bertz CT molecular complexity index is 833. The number of fused-ring (bicyclic) bond motifs is 1. The zero-order valence-electron chi connectivity index (χ0n) is 14.3. The zero-order valence-corrected chi connectivity index (χ0v) is 15.2. The number of alkyl halides is 2. The van der Waals surface area contributed by atoms with Gasteiger partial charge in [-0.2, -0.15) is 8.78 Å². The topological polar surface area (TPSA) is 84.6 Å². The van der Waals surface area contributed by atoms with Crippen molar-refractivity contribution >= 4 is 22.6 Å². The number of anilines is 1. The van der Waals surface area contributed by atoms with Gasteiger partial charge in [-0.05, 0) is 20.8 Å². The molecule has 11 heteroatoms. The lowest BCUT2D eigenvalue weighted by Crippen LogP contribution is -2.56. The molecule has 26 heavy (non-hydrogen) atoms. The van der Waals surface area contributed by atoms with E-state index < -0.39 is 17.9 Å². The quantitative estimate of drug-likeness (QED) is 0.801. The Morgan fingerprint density at radius 1 is 1.42 bits per heavy atom. The Balaban J connectivity index is 1.48. The molecule has 140 valence electrons. The lowest BCUT2D eigenvalue weighted by atomic mass is 10.1. The Morgan fingerprint density at radius 2 is 2.19 bits per heavy atom. The van der Waals surface area contributed by atoms with Gasteiger partial charge in [-0.1, -0.05) is 11.3 Å². The molecule has 2 aromatic rings. The third kappa shape index (κ3) is 2.89. The monoisotopic (exact) mass is 385 g/mol. The van der Waals surface area contributed by atoms with E-state index in [9.17, 15) is 13.6 Å². The van der Waals surface area contributed by atoms with E-state index in [2.05, 4.69) is 15.2 Å². The van der Waals surface area contributed by atoms with Crippen molar-refractivity contribution in [1.82, 2.24) is 20.1 Å². The molecule has 1 amide bonds. The van der Waals surface area contributed by atoms with Gasteiger partial charge in [-0.3, -0.25) is 4.90 Å². The fourth-order valence-electron chi connectivity index (χ4n) is 3.07. The summed E-state index contributed by atoms with van der Waals surface area (Å²) < 4.78 is 35.5.